The number of aryl methyl sites for hydroxylation is 1. The number of rotatable bonds is 4. The maximum Gasteiger partial charge on any atom is 0.228 e. The van der Waals surface area contributed by atoms with Gasteiger partial charge >= 0.3 is 0 Å². The van der Waals surface area contributed by atoms with Crippen molar-refractivity contribution in [3.05, 3.63) is 29.8 Å². The Morgan fingerprint density at radius 3 is 2.30 bits per heavy atom. The fourth-order valence-electron chi connectivity index (χ4n) is 5.24. The molecule has 3 unspecified atom stereocenters. The van der Waals surface area contributed by atoms with Crippen LogP contribution >= 0.6 is 0 Å². The topological polar surface area (TPSA) is 53.1 Å². The second kappa shape index (κ2) is 9.06. The maximum absolute atomic E-state index is 13.1. The largest absolute Gasteiger partial charge is 0.373 e. The van der Waals surface area contributed by atoms with Crippen molar-refractivity contribution >= 4 is 17.5 Å². The SMILES string of the molecule is Cc1ccc(N2CC(C(=O)N3CCC(CN4CC(C)OC(C)C4)CC3)CC2=O)cc1. The summed E-state index contributed by atoms with van der Waals surface area (Å²) in [6.07, 6.45) is 3.03. The van der Waals surface area contributed by atoms with Crippen molar-refractivity contribution in [2.24, 2.45) is 11.8 Å². The van der Waals surface area contributed by atoms with Crippen molar-refractivity contribution in [3.63, 3.8) is 0 Å². The highest BCUT2D eigenvalue weighted by molar-refractivity contribution is 6.00. The maximum atomic E-state index is 13.1. The molecule has 3 fully saturated rings. The molecule has 30 heavy (non-hydrogen) atoms. The Balaban J connectivity index is 1.27. The molecule has 0 radical (unpaired) electrons. The Labute approximate surface area is 180 Å². The standard InChI is InChI=1S/C24H35N3O3/c1-17-4-6-22(7-5-17)27-16-21(12-23(27)28)24(29)26-10-8-20(9-11-26)15-25-13-18(2)30-19(3)14-25/h4-7,18-21H,8-16H2,1-3H3. The van der Waals surface area contributed by atoms with E-state index in [4.69, 9.17) is 4.74 Å². The molecule has 3 heterocycles. The van der Waals surface area contributed by atoms with Gasteiger partial charge in [0.25, 0.3) is 0 Å². The number of benzene rings is 1. The molecule has 0 aromatic heterocycles. The highest BCUT2D eigenvalue weighted by atomic mass is 16.5. The number of piperidine rings is 1. The average molecular weight is 414 g/mol. The zero-order valence-corrected chi connectivity index (χ0v) is 18.5. The van der Waals surface area contributed by atoms with Crippen molar-refractivity contribution < 1.29 is 14.3 Å². The van der Waals surface area contributed by atoms with E-state index in [1.807, 2.05) is 36.1 Å². The zero-order chi connectivity index (χ0) is 21.3. The third-order valence-corrected chi connectivity index (χ3v) is 6.76. The van der Waals surface area contributed by atoms with Gasteiger partial charge in [0.05, 0.1) is 18.1 Å². The fraction of sp³-hybridized carbons (Fsp3) is 0.667. The predicted octanol–water partition coefficient (Wildman–Crippen LogP) is 2.70. The Hall–Kier alpha value is -1.92. The molecule has 0 saturated carbocycles. The van der Waals surface area contributed by atoms with Gasteiger partial charge in [-0.25, -0.2) is 0 Å². The highest BCUT2D eigenvalue weighted by Gasteiger charge is 2.38. The zero-order valence-electron chi connectivity index (χ0n) is 18.5. The lowest BCUT2D eigenvalue weighted by Crippen LogP contribution is -2.49. The van der Waals surface area contributed by atoms with Gasteiger partial charge in [-0.2, -0.15) is 0 Å². The molecule has 1 aromatic carbocycles. The minimum atomic E-state index is -0.212. The van der Waals surface area contributed by atoms with Crippen LogP contribution in [0, 0.1) is 18.8 Å². The van der Waals surface area contributed by atoms with E-state index in [0.29, 0.717) is 31.1 Å². The summed E-state index contributed by atoms with van der Waals surface area (Å²) >= 11 is 0. The molecule has 164 valence electrons. The van der Waals surface area contributed by atoms with Crippen molar-refractivity contribution in [1.82, 2.24) is 9.80 Å². The predicted molar refractivity (Wildman–Crippen MR) is 117 cm³/mol. The normalized spacial score (nSPS) is 28.9. The first-order chi connectivity index (χ1) is 14.4. The van der Waals surface area contributed by atoms with Crippen molar-refractivity contribution in [2.75, 3.05) is 44.2 Å². The lowest BCUT2D eigenvalue weighted by Gasteiger charge is -2.39. The number of carbonyl (C=O) groups is 2. The number of amides is 2. The van der Waals surface area contributed by atoms with Gasteiger partial charge in [0, 0.05) is 51.4 Å². The Morgan fingerprint density at radius 1 is 1.03 bits per heavy atom. The number of anilines is 1. The quantitative estimate of drug-likeness (QED) is 0.762. The Morgan fingerprint density at radius 2 is 1.67 bits per heavy atom. The number of ether oxygens (including phenoxy) is 1. The molecule has 3 atom stereocenters. The van der Waals surface area contributed by atoms with Gasteiger partial charge in [-0.15, -0.1) is 0 Å². The van der Waals surface area contributed by atoms with Crippen LogP contribution in [0.1, 0.15) is 38.7 Å². The van der Waals surface area contributed by atoms with Gasteiger partial charge in [-0.1, -0.05) is 17.7 Å². The van der Waals surface area contributed by atoms with E-state index in [0.717, 1.165) is 51.3 Å². The molecule has 0 bridgehead atoms. The van der Waals surface area contributed by atoms with Crippen LogP contribution in [-0.2, 0) is 14.3 Å². The summed E-state index contributed by atoms with van der Waals surface area (Å²) in [6.45, 7) is 11.6. The summed E-state index contributed by atoms with van der Waals surface area (Å²) in [7, 11) is 0. The number of morpholine rings is 1. The third kappa shape index (κ3) is 4.86. The molecule has 3 aliphatic rings. The molecule has 4 rings (SSSR count). The number of carbonyl (C=O) groups excluding carboxylic acids is 2. The van der Waals surface area contributed by atoms with E-state index in [1.54, 1.807) is 4.90 Å². The van der Waals surface area contributed by atoms with Crippen molar-refractivity contribution in [2.45, 2.75) is 52.2 Å². The molecule has 3 aliphatic heterocycles. The minimum Gasteiger partial charge on any atom is -0.373 e. The van der Waals surface area contributed by atoms with E-state index in [2.05, 4.69) is 18.7 Å². The summed E-state index contributed by atoms with van der Waals surface area (Å²) in [5, 5.41) is 0. The van der Waals surface area contributed by atoms with Crippen LogP contribution in [0.5, 0.6) is 0 Å². The molecule has 3 saturated heterocycles. The van der Waals surface area contributed by atoms with Crippen molar-refractivity contribution in [3.8, 4) is 0 Å². The second-order valence-electron chi connectivity index (χ2n) is 9.49. The molecular weight excluding hydrogens is 378 g/mol. The van der Waals surface area contributed by atoms with Gasteiger partial charge in [0.1, 0.15) is 0 Å². The van der Waals surface area contributed by atoms with Crippen LogP contribution in [0.4, 0.5) is 5.69 Å². The monoisotopic (exact) mass is 413 g/mol. The van der Waals surface area contributed by atoms with E-state index < -0.39 is 0 Å². The number of likely N-dealkylation sites (tertiary alicyclic amines) is 1. The summed E-state index contributed by atoms with van der Waals surface area (Å²) in [5.41, 5.74) is 2.07. The van der Waals surface area contributed by atoms with Gasteiger partial charge in [0.2, 0.25) is 11.8 Å². The van der Waals surface area contributed by atoms with Gasteiger partial charge < -0.3 is 14.5 Å². The number of hydrogen-bond donors (Lipinski definition) is 0. The van der Waals surface area contributed by atoms with Gasteiger partial charge in [-0.3, -0.25) is 14.5 Å². The Kier molecular flexibility index (Phi) is 6.44. The van der Waals surface area contributed by atoms with Crippen LogP contribution < -0.4 is 4.90 Å². The average Bonchev–Trinajstić information content (AvgIpc) is 3.09. The molecule has 0 spiro atoms. The number of hydrogen-bond acceptors (Lipinski definition) is 4. The first-order valence-corrected chi connectivity index (χ1v) is 11.4. The van der Waals surface area contributed by atoms with Crippen LogP contribution in [-0.4, -0.2) is 73.1 Å². The fourth-order valence-corrected chi connectivity index (χ4v) is 5.24. The summed E-state index contributed by atoms with van der Waals surface area (Å²) in [4.78, 5) is 31.9. The smallest absolute Gasteiger partial charge is 0.228 e. The van der Waals surface area contributed by atoms with Crippen LogP contribution in [0.2, 0.25) is 0 Å². The minimum absolute atomic E-state index is 0.0580. The lowest BCUT2D eigenvalue weighted by atomic mass is 9.94. The molecule has 2 amide bonds. The van der Waals surface area contributed by atoms with Gasteiger partial charge in [-0.05, 0) is 51.7 Å². The third-order valence-electron chi connectivity index (χ3n) is 6.76. The van der Waals surface area contributed by atoms with E-state index in [-0.39, 0.29) is 17.7 Å². The van der Waals surface area contributed by atoms with Crippen LogP contribution in [0.3, 0.4) is 0 Å². The summed E-state index contributed by atoms with van der Waals surface area (Å²) < 4.78 is 5.84. The molecule has 6 heteroatoms. The van der Waals surface area contributed by atoms with Crippen molar-refractivity contribution in [1.29, 1.82) is 0 Å². The first-order valence-electron chi connectivity index (χ1n) is 11.4. The molecule has 0 N–H and O–H groups in total. The number of nitrogens with zero attached hydrogens (tertiary/aromatic N) is 3. The lowest BCUT2D eigenvalue weighted by molar-refractivity contribution is -0.137. The second-order valence-corrected chi connectivity index (χ2v) is 9.49. The first kappa shape index (κ1) is 21.3. The molecular formula is C24H35N3O3. The van der Waals surface area contributed by atoms with Gasteiger partial charge in [0.15, 0.2) is 0 Å². The van der Waals surface area contributed by atoms with E-state index in [9.17, 15) is 9.59 Å². The Bertz CT molecular complexity index is 747. The van der Waals surface area contributed by atoms with Crippen LogP contribution in [0.25, 0.3) is 0 Å². The summed E-state index contributed by atoms with van der Waals surface area (Å²) in [5.74, 6) is 0.643. The van der Waals surface area contributed by atoms with E-state index in [1.165, 1.54) is 5.56 Å². The van der Waals surface area contributed by atoms with Crippen LogP contribution in [0.15, 0.2) is 24.3 Å². The molecule has 0 aliphatic carbocycles. The molecule has 1 aromatic rings. The summed E-state index contributed by atoms with van der Waals surface area (Å²) in [6, 6.07) is 7.97. The highest BCUT2D eigenvalue weighted by Crippen LogP contribution is 2.28. The molecule has 6 nitrogen and oxygen atoms in total. The van der Waals surface area contributed by atoms with E-state index >= 15 is 0 Å².